The van der Waals surface area contributed by atoms with Crippen LogP contribution < -0.4 is 5.32 Å². The SMILES string of the molecule is Cc1cc(NCc2cncn2C(C)C)c([N+](=O)[O-])cc1C. The fourth-order valence-corrected chi connectivity index (χ4v) is 2.21. The van der Waals surface area contributed by atoms with Crippen LogP contribution in [0.5, 0.6) is 0 Å². The first-order valence-corrected chi connectivity index (χ1v) is 6.90. The van der Waals surface area contributed by atoms with Crippen molar-refractivity contribution in [3.8, 4) is 0 Å². The minimum Gasteiger partial charge on any atom is -0.374 e. The van der Waals surface area contributed by atoms with Crippen molar-refractivity contribution >= 4 is 11.4 Å². The third-order valence-corrected chi connectivity index (χ3v) is 3.57. The molecule has 6 nitrogen and oxygen atoms in total. The Hall–Kier alpha value is -2.37. The van der Waals surface area contributed by atoms with Crippen molar-refractivity contribution in [2.45, 2.75) is 40.3 Å². The van der Waals surface area contributed by atoms with Crippen molar-refractivity contribution in [1.29, 1.82) is 0 Å². The number of hydrogen-bond acceptors (Lipinski definition) is 4. The molecule has 0 radical (unpaired) electrons. The van der Waals surface area contributed by atoms with Crippen molar-refractivity contribution < 1.29 is 4.92 Å². The van der Waals surface area contributed by atoms with Gasteiger partial charge in [-0.25, -0.2) is 4.98 Å². The van der Waals surface area contributed by atoms with Gasteiger partial charge in [0.2, 0.25) is 0 Å². The summed E-state index contributed by atoms with van der Waals surface area (Å²) in [5, 5.41) is 14.3. The molecule has 1 heterocycles. The minimum atomic E-state index is -0.353. The molecule has 112 valence electrons. The molecule has 0 aliphatic rings. The van der Waals surface area contributed by atoms with Crippen LogP contribution in [0.3, 0.4) is 0 Å². The Balaban J connectivity index is 2.25. The van der Waals surface area contributed by atoms with E-state index in [1.807, 2.05) is 24.5 Å². The van der Waals surface area contributed by atoms with Crippen LogP contribution in [-0.2, 0) is 6.54 Å². The normalized spacial score (nSPS) is 10.9. The van der Waals surface area contributed by atoms with E-state index in [0.717, 1.165) is 16.8 Å². The lowest BCUT2D eigenvalue weighted by atomic mass is 10.1. The molecule has 0 atom stereocenters. The van der Waals surface area contributed by atoms with Crippen molar-refractivity contribution in [3.63, 3.8) is 0 Å². The number of rotatable bonds is 5. The van der Waals surface area contributed by atoms with Gasteiger partial charge >= 0.3 is 0 Å². The monoisotopic (exact) mass is 288 g/mol. The van der Waals surface area contributed by atoms with Crippen LogP contribution >= 0.6 is 0 Å². The zero-order valence-corrected chi connectivity index (χ0v) is 12.8. The Kier molecular flexibility index (Phi) is 4.26. The van der Waals surface area contributed by atoms with Gasteiger partial charge in [-0.3, -0.25) is 10.1 Å². The number of nitro benzene ring substituents is 1. The van der Waals surface area contributed by atoms with E-state index in [0.29, 0.717) is 18.3 Å². The highest BCUT2D eigenvalue weighted by Crippen LogP contribution is 2.28. The van der Waals surface area contributed by atoms with Gasteiger partial charge in [-0.05, 0) is 44.9 Å². The van der Waals surface area contributed by atoms with E-state index >= 15 is 0 Å². The molecule has 0 spiro atoms. The molecule has 0 fully saturated rings. The van der Waals surface area contributed by atoms with E-state index in [-0.39, 0.29) is 10.6 Å². The molecule has 0 bridgehead atoms. The van der Waals surface area contributed by atoms with Crippen molar-refractivity contribution in [2.24, 2.45) is 0 Å². The molecule has 0 amide bonds. The number of nitrogens with zero attached hydrogens (tertiary/aromatic N) is 3. The van der Waals surface area contributed by atoms with E-state index in [1.165, 1.54) is 0 Å². The number of nitro groups is 1. The number of hydrogen-bond donors (Lipinski definition) is 1. The summed E-state index contributed by atoms with van der Waals surface area (Å²) < 4.78 is 2.04. The Morgan fingerprint density at radius 3 is 2.62 bits per heavy atom. The first-order valence-electron chi connectivity index (χ1n) is 6.90. The molecular formula is C15H20N4O2. The molecule has 1 N–H and O–H groups in total. The summed E-state index contributed by atoms with van der Waals surface area (Å²) in [6.07, 6.45) is 3.55. The van der Waals surface area contributed by atoms with Gasteiger partial charge in [-0.15, -0.1) is 0 Å². The second-order valence-corrected chi connectivity index (χ2v) is 5.45. The highest BCUT2D eigenvalue weighted by molar-refractivity contribution is 5.64. The molecule has 1 aromatic heterocycles. The van der Waals surface area contributed by atoms with Gasteiger partial charge in [0.05, 0.1) is 23.5 Å². The molecule has 0 aliphatic heterocycles. The van der Waals surface area contributed by atoms with Gasteiger partial charge in [0.25, 0.3) is 5.69 Å². The minimum absolute atomic E-state index is 0.105. The fraction of sp³-hybridized carbons (Fsp3) is 0.400. The summed E-state index contributed by atoms with van der Waals surface area (Å²) in [7, 11) is 0. The number of benzene rings is 1. The summed E-state index contributed by atoms with van der Waals surface area (Å²) >= 11 is 0. The summed E-state index contributed by atoms with van der Waals surface area (Å²) in [6.45, 7) is 8.47. The van der Waals surface area contributed by atoms with Crippen LogP contribution in [0.15, 0.2) is 24.7 Å². The Morgan fingerprint density at radius 2 is 2.00 bits per heavy atom. The first kappa shape index (κ1) is 15.0. The zero-order valence-electron chi connectivity index (χ0n) is 12.8. The average Bonchev–Trinajstić information content (AvgIpc) is 2.88. The molecule has 0 saturated heterocycles. The number of anilines is 1. The van der Waals surface area contributed by atoms with Crippen LogP contribution in [0.2, 0.25) is 0 Å². The molecular weight excluding hydrogens is 268 g/mol. The van der Waals surface area contributed by atoms with Gasteiger partial charge in [0, 0.05) is 18.3 Å². The molecule has 1 aromatic carbocycles. The number of aromatic nitrogens is 2. The Bertz CT molecular complexity index is 662. The second kappa shape index (κ2) is 5.95. The van der Waals surface area contributed by atoms with E-state index in [4.69, 9.17) is 0 Å². The lowest BCUT2D eigenvalue weighted by Gasteiger charge is -2.13. The van der Waals surface area contributed by atoms with Crippen molar-refractivity contribution in [3.05, 3.63) is 51.6 Å². The molecule has 2 aromatic rings. The largest absolute Gasteiger partial charge is 0.374 e. The van der Waals surface area contributed by atoms with E-state index in [9.17, 15) is 10.1 Å². The molecule has 6 heteroatoms. The maximum Gasteiger partial charge on any atom is 0.292 e. The van der Waals surface area contributed by atoms with Gasteiger partial charge in [-0.2, -0.15) is 0 Å². The highest BCUT2D eigenvalue weighted by atomic mass is 16.6. The van der Waals surface area contributed by atoms with E-state index in [1.54, 1.807) is 18.6 Å². The number of aryl methyl sites for hydroxylation is 2. The summed E-state index contributed by atoms with van der Waals surface area (Å²) in [5.41, 5.74) is 3.59. The van der Waals surface area contributed by atoms with Crippen LogP contribution in [0, 0.1) is 24.0 Å². The number of imidazole rings is 1. The Labute approximate surface area is 124 Å². The lowest BCUT2D eigenvalue weighted by Crippen LogP contribution is -2.10. The van der Waals surface area contributed by atoms with Crippen molar-refractivity contribution in [1.82, 2.24) is 9.55 Å². The lowest BCUT2D eigenvalue weighted by molar-refractivity contribution is -0.384. The maximum absolute atomic E-state index is 11.2. The van der Waals surface area contributed by atoms with E-state index < -0.39 is 0 Å². The predicted octanol–water partition coefficient (Wildman–Crippen LogP) is 3.60. The summed E-state index contributed by atoms with van der Waals surface area (Å²) in [4.78, 5) is 15.0. The third-order valence-electron chi connectivity index (χ3n) is 3.57. The third kappa shape index (κ3) is 3.21. The summed E-state index contributed by atoms with van der Waals surface area (Å²) in [6, 6.07) is 3.74. The summed E-state index contributed by atoms with van der Waals surface area (Å²) in [5.74, 6) is 0. The van der Waals surface area contributed by atoms with Crippen LogP contribution in [-0.4, -0.2) is 14.5 Å². The molecule has 2 rings (SSSR count). The molecule has 21 heavy (non-hydrogen) atoms. The number of nitrogens with one attached hydrogen (secondary N) is 1. The topological polar surface area (TPSA) is 73.0 Å². The van der Waals surface area contributed by atoms with Crippen molar-refractivity contribution in [2.75, 3.05) is 5.32 Å². The van der Waals surface area contributed by atoms with Gasteiger partial charge in [0.15, 0.2) is 0 Å². The molecule has 0 aliphatic carbocycles. The van der Waals surface area contributed by atoms with Crippen LogP contribution in [0.1, 0.15) is 36.7 Å². The van der Waals surface area contributed by atoms with Gasteiger partial charge < -0.3 is 9.88 Å². The highest BCUT2D eigenvalue weighted by Gasteiger charge is 2.16. The second-order valence-electron chi connectivity index (χ2n) is 5.45. The maximum atomic E-state index is 11.2. The quantitative estimate of drug-likeness (QED) is 0.674. The Morgan fingerprint density at radius 1 is 1.33 bits per heavy atom. The zero-order chi connectivity index (χ0) is 15.6. The fourth-order valence-electron chi connectivity index (χ4n) is 2.21. The standard InChI is InChI=1S/C15H20N4O2/c1-10(2)18-9-16-7-13(18)8-17-14-5-11(3)12(4)6-15(14)19(20)21/h5-7,9-10,17H,8H2,1-4H3. The van der Waals surface area contributed by atoms with Gasteiger partial charge in [0.1, 0.15) is 5.69 Å². The van der Waals surface area contributed by atoms with Crippen LogP contribution in [0.4, 0.5) is 11.4 Å². The molecule has 0 saturated carbocycles. The van der Waals surface area contributed by atoms with E-state index in [2.05, 4.69) is 24.1 Å². The molecule has 0 unspecified atom stereocenters. The smallest absolute Gasteiger partial charge is 0.292 e. The average molecular weight is 288 g/mol. The van der Waals surface area contributed by atoms with Crippen LogP contribution in [0.25, 0.3) is 0 Å². The first-order chi connectivity index (χ1) is 9.90. The van der Waals surface area contributed by atoms with Gasteiger partial charge in [-0.1, -0.05) is 0 Å². The predicted molar refractivity (Wildman–Crippen MR) is 82.5 cm³/mol.